The molecular formula is C12H17FN4O3S. The number of benzene rings is 1. The Morgan fingerprint density at radius 1 is 1.33 bits per heavy atom. The molecule has 1 aliphatic rings. The molecule has 0 atom stereocenters. The quantitative estimate of drug-likeness (QED) is 0.334. The van der Waals surface area contributed by atoms with Gasteiger partial charge in [0, 0.05) is 18.7 Å². The van der Waals surface area contributed by atoms with E-state index in [-0.39, 0.29) is 17.1 Å². The molecule has 0 spiro atoms. The summed E-state index contributed by atoms with van der Waals surface area (Å²) in [5, 5.41) is 11.5. The van der Waals surface area contributed by atoms with Crippen molar-refractivity contribution in [3.05, 3.63) is 29.6 Å². The first-order valence-electron chi connectivity index (χ1n) is 6.49. The van der Waals surface area contributed by atoms with Gasteiger partial charge in [0.15, 0.2) is 5.84 Å². The zero-order valence-electron chi connectivity index (χ0n) is 11.3. The number of anilines is 1. The lowest BCUT2D eigenvalue weighted by Crippen LogP contribution is -2.39. The number of piperidine rings is 1. The molecule has 21 heavy (non-hydrogen) atoms. The minimum Gasteiger partial charge on any atom is -0.409 e. The van der Waals surface area contributed by atoms with Crippen LogP contribution in [0.2, 0.25) is 0 Å². The van der Waals surface area contributed by atoms with Gasteiger partial charge in [0.25, 0.3) is 0 Å². The average molecular weight is 316 g/mol. The Balaban J connectivity index is 2.30. The molecule has 7 nitrogen and oxygen atoms in total. The second-order valence-corrected chi connectivity index (χ2v) is 6.41. The molecule has 1 aliphatic heterocycles. The Morgan fingerprint density at radius 3 is 2.62 bits per heavy atom. The van der Waals surface area contributed by atoms with Crippen LogP contribution in [0.3, 0.4) is 0 Å². The van der Waals surface area contributed by atoms with Gasteiger partial charge in [-0.1, -0.05) is 11.6 Å². The van der Waals surface area contributed by atoms with Crippen LogP contribution in [0.5, 0.6) is 0 Å². The summed E-state index contributed by atoms with van der Waals surface area (Å²) in [6.07, 6.45) is 2.60. The predicted molar refractivity (Wildman–Crippen MR) is 76.9 cm³/mol. The van der Waals surface area contributed by atoms with Gasteiger partial charge in [0.2, 0.25) is 0 Å². The minimum absolute atomic E-state index is 0.0157. The van der Waals surface area contributed by atoms with Gasteiger partial charge in [-0.15, -0.1) is 0 Å². The van der Waals surface area contributed by atoms with E-state index >= 15 is 0 Å². The lowest BCUT2D eigenvalue weighted by molar-refractivity contribution is 0.318. The zero-order valence-corrected chi connectivity index (χ0v) is 12.1. The Kier molecular flexibility index (Phi) is 4.63. The number of hydrogen-bond donors (Lipinski definition) is 3. The van der Waals surface area contributed by atoms with Crippen molar-refractivity contribution in [2.75, 3.05) is 17.8 Å². The van der Waals surface area contributed by atoms with E-state index in [0.717, 1.165) is 31.4 Å². The molecule has 0 radical (unpaired) electrons. The number of nitrogens with zero attached hydrogens (tertiary/aromatic N) is 2. The van der Waals surface area contributed by atoms with Gasteiger partial charge in [0.05, 0.1) is 5.69 Å². The summed E-state index contributed by atoms with van der Waals surface area (Å²) in [4.78, 5) is 0. The normalized spacial score (nSPS) is 17.7. The van der Waals surface area contributed by atoms with Gasteiger partial charge in [-0.3, -0.25) is 4.72 Å². The summed E-state index contributed by atoms with van der Waals surface area (Å²) in [5.41, 5.74) is 5.50. The van der Waals surface area contributed by atoms with E-state index in [9.17, 15) is 12.8 Å². The molecule has 1 heterocycles. The van der Waals surface area contributed by atoms with Crippen molar-refractivity contribution in [2.24, 2.45) is 10.9 Å². The van der Waals surface area contributed by atoms with Crippen LogP contribution < -0.4 is 10.5 Å². The molecule has 0 aromatic heterocycles. The maximum Gasteiger partial charge on any atom is 0.301 e. The van der Waals surface area contributed by atoms with Crippen molar-refractivity contribution in [2.45, 2.75) is 19.3 Å². The average Bonchev–Trinajstić information content (AvgIpc) is 2.49. The molecule has 0 saturated carbocycles. The van der Waals surface area contributed by atoms with Crippen LogP contribution in [-0.2, 0) is 10.2 Å². The van der Waals surface area contributed by atoms with E-state index in [0.29, 0.717) is 13.1 Å². The van der Waals surface area contributed by atoms with Crippen molar-refractivity contribution >= 4 is 21.7 Å². The van der Waals surface area contributed by atoms with Crippen molar-refractivity contribution in [3.63, 3.8) is 0 Å². The topological polar surface area (TPSA) is 108 Å². The van der Waals surface area contributed by atoms with Crippen LogP contribution in [0.25, 0.3) is 0 Å². The molecule has 1 fully saturated rings. The number of halogens is 1. The fourth-order valence-electron chi connectivity index (χ4n) is 2.18. The summed E-state index contributed by atoms with van der Waals surface area (Å²) in [6.45, 7) is 0.880. The van der Waals surface area contributed by atoms with E-state index < -0.39 is 16.0 Å². The number of rotatable bonds is 4. The van der Waals surface area contributed by atoms with Gasteiger partial charge in [-0.25, -0.2) is 4.39 Å². The second-order valence-electron chi connectivity index (χ2n) is 4.74. The number of amidine groups is 1. The standard InChI is InChI=1S/C12H17FN4O3S/c13-9-4-5-11(10(8-9)12(14)15-18)16-21(19,20)17-6-2-1-3-7-17/h4-5,8,16,18H,1-3,6-7H2,(H2,14,15). The van der Waals surface area contributed by atoms with Gasteiger partial charge in [-0.2, -0.15) is 12.7 Å². The highest BCUT2D eigenvalue weighted by Crippen LogP contribution is 2.21. The Bertz CT molecular complexity index is 642. The number of hydrogen-bond acceptors (Lipinski definition) is 4. The third-order valence-corrected chi connectivity index (χ3v) is 4.78. The number of oxime groups is 1. The van der Waals surface area contributed by atoms with Crippen LogP contribution in [0.4, 0.5) is 10.1 Å². The smallest absolute Gasteiger partial charge is 0.301 e. The van der Waals surface area contributed by atoms with Crippen molar-refractivity contribution in [1.29, 1.82) is 0 Å². The fraction of sp³-hybridized carbons (Fsp3) is 0.417. The summed E-state index contributed by atoms with van der Waals surface area (Å²) in [5.74, 6) is -0.983. The molecule has 0 unspecified atom stereocenters. The largest absolute Gasteiger partial charge is 0.409 e. The molecule has 0 bridgehead atoms. The summed E-state index contributed by atoms with van der Waals surface area (Å²) < 4.78 is 41.5. The van der Waals surface area contributed by atoms with E-state index in [1.54, 1.807) is 0 Å². The van der Waals surface area contributed by atoms with Crippen LogP contribution in [0.1, 0.15) is 24.8 Å². The fourth-order valence-corrected chi connectivity index (χ4v) is 3.50. The molecule has 1 aromatic carbocycles. The molecule has 0 amide bonds. The van der Waals surface area contributed by atoms with E-state index in [2.05, 4.69) is 9.88 Å². The maximum absolute atomic E-state index is 13.3. The number of nitrogens with one attached hydrogen (secondary N) is 1. The minimum atomic E-state index is -3.74. The van der Waals surface area contributed by atoms with E-state index in [1.165, 1.54) is 10.4 Å². The first kappa shape index (κ1) is 15.5. The molecule has 0 aliphatic carbocycles. The van der Waals surface area contributed by atoms with Gasteiger partial charge in [0.1, 0.15) is 5.82 Å². The SMILES string of the molecule is N/C(=N/O)c1cc(F)ccc1NS(=O)(=O)N1CCCCC1. The lowest BCUT2D eigenvalue weighted by Gasteiger charge is -2.26. The van der Waals surface area contributed by atoms with Crippen molar-refractivity contribution < 1.29 is 18.0 Å². The highest BCUT2D eigenvalue weighted by molar-refractivity contribution is 7.90. The molecular weight excluding hydrogens is 299 g/mol. The zero-order chi connectivity index (χ0) is 15.5. The first-order valence-corrected chi connectivity index (χ1v) is 7.93. The third-order valence-electron chi connectivity index (χ3n) is 3.26. The van der Waals surface area contributed by atoms with Crippen LogP contribution in [-0.4, -0.2) is 36.9 Å². The molecule has 2 rings (SSSR count). The number of nitrogens with two attached hydrogens (primary N) is 1. The van der Waals surface area contributed by atoms with E-state index in [4.69, 9.17) is 10.9 Å². The van der Waals surface area contributed by atoms with Crippen LogP contribution in [0.15, 0.2) is 23.4 Å². The summed E-state index contributed by atoms with van der Waals surface area (Å²) in [6, 6.07) is 3.34. The third kappa shape index (κ3) is 3.61. The van der Waals surface area contributed by atoms with Crippen molar-refractivity contribution in [1.82, 2.24) is 4.31 Å². The van der Waals surface area contributed by atoms with Crippen LogP contribution >= 0.6 is 0 Å². The Morgan fingerprint density at radius 2 is 2.00 bits per heavy atom. The van der Waals surface area contributed by atoms with Crippen LogP contribution in [0, 0.1) is 5.82 Å². The monoisotopic (exact) mass is 316 g/mol. The molecule has 4 N–H and O–H groups in total. The molecule has 116 valence electrons. The Hall–Kier alpha value is -1.87. The van der Waals surface area contributed by atoms with E-state index in [1.807, 2.05) is 0 Å². The summed E-state index contributed by atoms with van der Waals surface area (Å²) >= 11 is 0. The van der Waals surface area contributed by atoms with Crippen molar-refractivity contribution in [3.8, 4) is 0 Å². The van der Waals surface area contributed by atoms with Gasteiger partial charge in [-0.05, 0) is 31.0 Å². The molecule has 1 saturated heterocycles. The summed E-state index contributed by atoms with van der Waals surface area (Å²) in [7, 11) is -3.74. The van der Waals surface area contributed by atoms with Gasteiger partial charge < -0.3 is 10.9 Å². The maximum atomic E-state index is 13.3. The molecule has 1 aromatic rings. The Labute approximate surface area is 122 Å². The highest BCUT2D eigenvalue weighted by atomic mass is 32.2. The highest BCUT2D eigenvalue weighted by Gasteiger charge is 2.25. The first-order chi connectivity index (χ1) is 9.94. The predicted octanol–water partition coefficient (Wildman–Crippen LogP) is 1.06. The molecule has 9 heteroatoms. The lowest BCUT2D eigenvalue weighted by atomic mass is 10.1. The second kappa shape index (κ2) is 6.27. The van der Waals surface area contributed by atoms with Gasteiger partial charge >= 0.3 is 10.2 Å².